The van der Waals surface area contributed by atoms with Crippen LogP contribution in [0.5, 0.6) is 0 Å². The van der Waals surface area contributed by atoms with Crippen LogP contribution in [0, 0.1) is 45.0 Å². The second-order valence-corrected chi connectivity index (χ2v) is 2.15. The van der Waals surface area contributed by atoms with E-state index in [1.165, 1.54) is 11.1 Å². The zero-order valence-electron chi connectivity index (χ0n) is 7.81. The van der Waals surface area contributed by atoms with Crippen molar-refractivity contribution in [3.05, 3.63) is 35.4 Å². The summed E-state index contributed by atoms with van der Waals surface area (Å²) in [5.41, 5.74) is 2.66. The molecule has 0 bridgehead atoms. The minimum atomic E-state index is 0. The van der Waals surface area contributed by atoms with Crippen LogP contribution in [-0.2, 0) is 0 Å². The molecule has 0 saturated carbocycles. The van der Waals surface area contributed by atoms with Gasteiger partial charge < -0.3 is 0 Å². The third-order valence-corrected chi connectivity index (χ3v) is 1.22. The third-order valence-electron chi connectivity index (χ3n) is 1.22. The van der Waals surface area contributed by atoms with Gasteiger partial charge in [-0.1, -0.05) is 49.2 Å². The largest absolute Gasteiger partial charge is 0.0683 e. The van der Waals surface area contributed by atoms with Crippen molar-refractivity contribution in [2.24, 2.45) is 0 Å². The summed E-state index contributed by atoms with van der Waals surface area (Å²) in [7, 11) is 0. The molecule has 1 rings (SSSR count). The predicted molar refractivity (Wildman–Crippen MR) is 47.3 cm³/mol. The smallest absolute Gasteiger partial charge is 0 e. The molecular formula is C10H16U. The Morgan fingerprint density at radius 3 is 1.09 bits per heavy atom. The third kappa shape index (κ3) is 6.66. The fourth-order valence-electron chi connectivity index (χ4n) is 0.637. The van der Waals surface area contributed by atoms with E-state index < -0.39 is 0 Å². The van der Waals surface area contributed by atoms with Gasteiger partial charge in [0.05, 0.1) is 0 Å². The SMILES string of the molecule is CC.Cc1ccc(C)cc1.[U]. The first-order valence-electron chi connectivity index (χ1n) is 3.82. The first kappa shape index (κ1) is 13.8. The van der Waals surface area contributed by atoms with Crippen LogP contribution >= 0.6 is 0 Å². The summed E-state index contributed by atoms with van der Waals surface area (Å²) in [6, 6.07) is 8.48. The summed E-state index contributed by atoms with van der Waals surface area (Å²) in [5.74, 6) is 0. The summed E-state index contributed by atoms with van der Waals surface area (Å²) >= 11 is 0. The molecule has 11 heavy (non-hydrogen) atoms. The van der Waals surface area contributed by atoms with Gasteiger partial charge in [0.25, 0.3) is 0 Å². The van der Waals surface area contributed by atoms with Gasteiger partial charge in [0.1, 0.15) is 0 Å². The average Bonchev–Trinajstić information content (AvgIpc) is 2.00. The van der Waals surface area contributed by atoms with E-state index in [-0.39, 0.29) is 31.1 Å². The first-order chi connectivity index (χ1) is 4.79. The molecule has 0 aliphatic rings. The van der Waals surface area contributed by atoms with Gasteiger partial charge in [-0.15, -0.1) is 0 Å². The van der Waals surface area contributed by atoms with Crippen LogP contribution in [0.25, 0.3) is 0 Å². The number of hydrogen-bond acceptors (Lipinski definition) is 0. The molecule has 0 amide bonds. The minimum Gasteiger partial charge on any atom is -0.0683 e. The predicted octanol–water partition coefficient (Wildman–Crippen LogP) is 3.33. The Bertz CT molecular complexity index is 144. The molecule has 1 heteroatoms. The van der Waals surface area contributed by atoms with Crippen molar-refractivity contribution in [2.75, 3.05) is 0 Å². The van der Waals surface area contributed by atoms with Gasteiger partial charge in [-0.2, -0.15) is 0 Å². The maximum Gasteiger partial charge on any atom is 0 e. The molecule has 60 valence electrons. The molecule has 0 aromatic heterocycles. The van der Waals surface area contributed by atoms with Crippen molar-refractivity contribution in [1.82, 2.24) is 0 Å². The molecule has 0 N–H and O–H groups in total. The summed E-state index contributed by atoms with van der Waals surface area (Å²) in [4.78, 5) is 0. The molecule has 0 saturated heterocycles. The van der Waals surface area contributed by atoms with E-state index in [0.717, 1.165) is 0 Å². The van der Waals surface area contributed by atoms with Crippen LogP contribution in [0.15, 0.2) is 24.3 Å². The Kier molecular flexibility index (Phi) is 10.5. The van der Waals surface area contributed by atoms with E-state index in [2.05, 4.69) is 38.1 Å². The van der Waals surface area contributed by atoms with Gasteiger partial charge in [0.15, 0.2) is 0 Å². The topological polar surface area (TPSA) is 0 Å². The van der Waals surface area contributed by atoms with Crippen molar-refractivity contribution in [3.8, 4) is 0 Å². The van der Waals surface area contributed by atoms with Crippen molar-refractivity contribution >= 4 is 0 Å². The van der Waals surface area contributed by atoms with Crippen LogP contribution in [0.2, 0.25) is 0 Å². The Morgan fingerprint density at radius 2 is 0.909 bits per heavy atom. The van der Waals surface area contributed by atoms with E-state index in [9.17, 15) is 0 Å². The van der Waals surface area contributed by atoms with Crippen molar-refractivity contribution in [1.29, 1.82) is 0 Å². The summed E-state index contributed by atoms with van der Waals surface area (Å²) < 4.78 is 0. The Balaban J connectivity index is 0. The van der Waals surface area contributed by atoms with E-state index in [0.29, 0.717) is 0 Å². The molecule has 0 radical (unpaired) electrons. The van der Waals surface area contributed by atoms with Crippen LogP contribution in [0.4, 0.5) is 0 Å². The van der Waals surface area contributed by atoms with Gasteiger partial charge in [0.2, 0.25) is 0 Å². The molecule has 0 heterocycles. The summed E-state index contributed by atoms with van der Waals surface area (Å²) in [6.45, 7) is 8.19. The number of aryl methyl sites for hydroxylation is 2. The van der Waals surface area contributed by atoms with E-state index in [1.54, 1.807) is 0 Å². The van der Waals surface area contributed by atoms with E-state index in [1.807, 2.05) is 13.8 Å². The Labute approximate surface area is 93.8 Å². The quantitative estimate of drug-likeness (QED) is 0.654. The van der Waals surface area contributed by atoms with E-state index in [4.69, 9.17) is 0 Å². The maximum absolute atomic E-state index is 2.12. The number of hydrogen-bond donors (Lipinski definition) is 0. The Morgan fingerprint density at radius 1 is 0.727 bits per heavy atom. The van der Waals surface area contributed by atoms with Gasteiger partial charge in [-0.3, -0.25) is 0 Å². The molecule has 0 aliphatic carbocycles. The second kappa shape index (κ2) is 8.37. The van der Waals surface area contributed by atoms with Crippen LogP contribution in [0.3, 0.4) is 0 Å². The zero-order valence-corrected chi connectivity index (χ0v) is 12.0. The summed E-state index contributed by atoms with van der Waals surface area (Å²) in [6.07, 6.45) is 0. The molecule has 0 aliphatic heterocycles. The van der Waals surface area contributed by atoms with E-state index >= 15 is 0 Å². The number of rotatable bonds is 0. The zero-order chi connectivity index (χ0) is 7.98. The number of benzene rings is 1. The first-order valence-corrected chi connectivity index (χ1v) is 3.82. The van der Waals surface area contributed by atoms with Crippen LogP contribution in [-0.4, -0.2) is 0 Å². The monoisotopic (exact) mass is 374 g/mol. The maximum atomic E-state index is 2.12. The molecule has 1 aromatic carbocycles. The minimum absolute atomic E-state index is 0. The normalized spacial score (nSPS) is 7.27. The van der Waals surface area contributed by atoms with Gasteiger partial charge in [-0.25, -0.2) is 0 Å². The molecule has 0 nitrogen and oxygen atoms in total. The van der Waals surface area contributed by atoms with Gasteiger partial charge >= 0.3 is 0 Å². The van der Waals surface area contributed by atoms with Crippen molar-refractivity contribution in [2.45, 2.75) is 27.7 Å². The molecule has 1 aromatic rings. The van der Waals surface area contributed by atoms with Gasteiger partial charge in [-0.05, 0) is 13.8 Å². The second-order valence-electron chi connectivity index (χ2n) is 2.15. The fourth-order valence-corrected chi connectivity index (χ4v) is 0.637. The summed E-state index contributed by atoms with van der Waals surface area (Å²) in [5, 5.41) is 0. The fraction of sp³-hybridized carbons (Fsp3) is 0.400. The van der Waals surface area contributed by atoms with Crippen LogP contribution in [0.1, 0.15) is 25.0 Å². The Hall–Kier alpha value is 0.272. The van der Waals surface area contributed by atoms with Gasteiger partial charge in [0, 0.05) is 31.1 Å². The average molecular weight is 374 g/mol. The standard InChI is InChI=1S/C8H10.C2H6.U/c1-7-3-5-8(2)6-4-7;1-2;/h3-6H,1-2H3;1-2H3;. The molecular weight excluding hydrogens is 358 g/mol. The van der Waals surface area contributed by atoms with Crippen molar-refractivity contribution in [3.63, 3.8) is 0 Å². The molecule has 0 spiro atoms. The molecule has 0 unspecified atom stereocenters. The molecule has 0 fully saturated rings. The van der Waals surface area contributed by atoms with Crippen molar-refractivity contribution < 1.29 is 31.1 Å². The molecule has 0 atom stereocenters. The van der Waals surface area contributed by atoms with Crippen LogP contribution < -0.4 is 0 Å².